The van der Waals surface area contributed by atoms with E-state index in [0.29, 0.717) is 5.92 Å². The van der Waals surface area contributed by atoms with E-state index in [0.717, 1.165) is 5.54 Å². The standard InChI is InChI=1S/C26H36Si/c1-8-27(9-2)25-22-12-10-11-21(24(22)17-23(25)18(3)4)19-13-15-20(16-14-19)26(5,6)7/h10-18,25,27H,8-9H2,1-7H3. The summed E-state index contributed by atoms with van der Waals surface area (Å²) in [5.74, 6) is 0.631. The van der Waals surface area contributed by atoms with E-state index in [9.17, 15) is 0 Å². The van der Waals surface area contributed by atoms with Crippen LogP contribution >= 0.6 is 0 Å². The average molecular weight is 377 g/mol. The maximum absolute atomic E-state index is 2.54. The molecule has 1 heteroatoms. The first-order chi connectivity index (χ1) is 12.8. The molecule has 0 nitrogen and oxygen atoms in total. The topological polar surface area (TPSA) is 0 Å². The van der Waals surface area contributed by atoms with Crippen molar-refractivity contribution in [1.29, 1.82) is 0 Å². The molecule has 1 aliphatic carbocycles. The van der Waals surface area contributed by atoms with Gasteiger partial charge in [0.15, 0.2) is 0 Å². The summed E-state index contributed by atoms with van der Waals surface area (Å²) < 4.78 is 0. The first-order valence-corrected chi connectivity index (χ1v) is 13.0. The number of rotatable bonds is 5. The van der Waals surface area contributed by atoms with Crippen molar-refractivity contribution >= 4 is 14.9 Å². The van der Waals surface area contributed by atoms with Crippen LogP contribution in [0.3, 0.4) is 0 Å². The van der Waals surface area contributed by atoms with Crippen LogP contribution in [0.15, 0.2) is 48.0 Å². The van der Waals surface area contributed by atoms with Gasteiger partial charge in [-0.25, -0.2) is 0 Å². The van der Waals surface area contributed by atoms with Crippen molar-refractivity contribution in [1.82, 2.24) is 0 Å². The summed E-state index contributed by atoms with van der Waals surface area (Å²) in [5.41, 5.74) is 9.88. The van der Waals surface area contributed by atoms with Crippen LogP contribution in [0, 0.1) is 5.92 Å². The van der Waals surface area contributed by atoms with Crippen LogP contribution < -0.4 is 0 Å². The second-order valence-corrected chi connectivity index (χ2v) is 13.3. The third-order valence-corrected chi connectivity index (χ3v) is 10.2. The van der Waals surface area contributed by atoms with Gasteiger partial charge in [-0.15, -0.1) is 0 Å². The van der Waals surface area contributed by atoms with Gasteiger partial charge in [0.05, 0.1) is 0 Å². The fourth-order valence-corrected chi connectivity index (χ4v) is 8.01. The van der Waals surface area contributed by atoms with Gasteiger partial charge in [0, 0.05) is 8.80 Å². The van der Waals surface area contributed by atoms with E-state index in [2.05, 4.69) is 97.0 Å². The van der Waals surface area contributed by atoms with E-state index >= 15 is 0 Å². The molecule has 2 aromatic rings. The van der Waals surface area contributed by atoms with Crippen molar-refractivity contribution < 1.29 is 0 Å². The van der Waals surface area contributed by atoms with Gasteiger partial charge in [-0.2, -0.15) is 0 Å². The highest BCUT2D eigenvalue weighted by Gasteiger charge is 2.33. The molecule has 1 aliphatic rings. The molecule has 0 heterocycles. The zero-order chi connectivity index (χ0) is 19.8. The highest BCUT2D eigenvalue weighted by atomic mass is 28.3. The van der Waals surface area contributed by atoms with Crippen molar-refractivity contribution in [2.45, 2.75) is 71.5 Å². The molecular weight excluding hydrogens is 340 g/mol. The van der Waals surface area contributed by atoms with Gasteiger partial charge in [0.1, 0.15) is 0 Å². The molecule has 0 amide bonds. The van der Waals surface area contributed by atoms with Crippen LogP contribution in [0.1, 0.15) is 70.7 Å². The summed E-state index contributed by atoms with van der Waals surface area (Å²) in [5, 5.41) is 0. The Kier molecular flexibility index (Phi) is 5.81. The Balaban J connectivity index is 2.09. The lowest BCUT2D eigenvalue weighted by Gasteiger charge is -2.26. The van der Waals surface area contributed by atoms with Crippen LogP contribution in [-0.4, -0.2) is 8.80 Å². The number of hydrogen-bond acceptors (Lipinski definition) is 0. The summed E-state index contributed by atoms with van der Waals surface area (Å²) in [6, 6.07) is 19.0. The summed E-state index contributed by atoms with van der Waals surface area (Å²) in [6.07, 6.45) is 2.54. The lowest BCUT2D eigenvalue weighted by molar-refractivity contribution is 0.590. The predicted octanol–water partition coefficient (Wildman–Crippen LogP) is 7.59. The molecule has 144 valence electrons. The highest BCUT2D eigenvalue weighted by Crippen LogP contribution is 2.46. The maximum Gasteiger partial charge on any atom is 0.0495 e. The molecular formula is C26H36Si. The maximum atomic E-state index is 2.54. The minimum Gasteiger partial charge on any atom is -0.0680 e. The number of benzene rings is 2. The Labute approximate surface area is 168 Å². The van der Waals surface area contributed by atoms with Gasteiger partial charge < -0.3 is 0 Å². The molecule has 0 aromatic heterocycles. The minimum atomic E-state index is -0.809. The Morgan fingerprint density at radius 2 is 1.56 bits per heavy atom. The van der Waals surface area contributed by atoms with E-state index in [4.69, 9.17) is 0 Å². The molecule has 0 N–H and O–H groups in total. The molecule has 0 spiro atoms. The molecule has 1 unspecified atom stereocenters. The summed E-state index contributed by atoms with van der Waals surface area (Å²) in [7, 11) is -0.809. The summed E-state index contributed by atoms with van der Waals surface area (Å²) >= 11 is 0. The SMILES string of the molecule is CC[SiH](CC)C1C(C(C)C)=Cc2c(-c3ccc(C(C)(C)C)cc3)cccc21. The zero-order valence-corrected chi connectivity index (χ0v) is 19.4. The smallest absolute Gasteiger partial charge is 0.0495 e. The molecule has 0 aliphatic heterocycles. The Bertz CT molecular complexity index is 814. The largest absolute Gasteiger partial charge is 0.0680 e. The van der Waals surface area contributed by atoms with Crippen LogP contribution in [-0.2, 0) is 5.41 Å². The van der Waals surface area contributed by atoms with Crippen LogP contribution in [0.4, 0.5) is 0 Å². The average Bonchev–Trinajstić information content (AvgIpc) is 3.02. The lowest BCUT2D eigenvalue weighted by Crippen LogP contribution is -2.23. The molecule has 0 fully saturated rings. The third kappa shape index (κ3) is 3.85. The number of fused-ring (bicyclic) bond motifs is 1. The van der Waals surface area contributed by atoms with E-state index in [1.807, 2.05) is 0 Å². The molecule has 1 atom stereocenters. The first kappa shape index (κ1) is 20.1. The fraction of sp³-hybridized carbons (Fsp3) is 0.462. The first-order valence-electron chi connectivity index (χ1n) is 10.7. The highest BCUT2D eigenvalue weighted by molar-refractivity contribution is 6.61. The molecule has 0 saturated carbocycles. The Morgan fingerprint density at radius 1 is 0.926 bits per heavy atom. The van der Waals surface area contributed by atoms with E-state index in [1.165, 1.54) is 34.3 Å². The van der Waals surface area contributed by atoms with Crippen molar-refractivity contribution in [3.05, 3.63) is 64.7 Å². The molecule has 0 saturated heterocycles. The van der Waals surface area contributed by atoms with Crippen molar-refractivity contribution in [3.8, 4) is 11.1 Å². The third-order valence-electron chi connectivity index (χ3n) is 6.39. The monoisotopic (exact) mass is 376 g/mol. The molecule has 2 aromatic carbocycles. The lowest BCUT2D eigenvalue weighted by atomic mass is 9.86. The fourth-order valence-electron chi connectivity index (χ4n) is 4.66. The molecule has 0 radical (unpaired) electrons. The van der Waals surface area contributed by atoms with Gasteiger partial charge in [-0.1, -0.05) is 115 Å². The molecule has 27 heavy (non-hydrogen) atoms. The van der Waals surface area contributed by atoms with Gasteiger partial charge in [0.25, 0.3) is 0 Å². The van der Waals surface area contributed by atoms with Crippen LogP contribution in [0.5, 0.6) is 0 Å². The number of hydrogen-bond donors (Lipinski definition) is 0. The molecule has 3 rings (SSSR count). The normalized spacial score (nSPS) is 16.8. The van der Waals surface area contributed by atoms with Crippen molar-refractivity contribution in [3.63, 3.8) is 0 Å². The Hall–Kier alpha value is -1.60. The van der Waals surface area contributed by atoms with Crippen molar-refractivity contribution in [2.75, 3.05) is 0 Å². The van der Waals surface area contributed by atoms with E-state index in [-0.39, 0.29) is 5.41 Å². The van der Waals surface area contributed by atoms with E-state index < -0.39 is 8.80 Å². The minimum absolute atomic E-state index is 0.202. The van der Waals surface area contributed by atoms with Gasteiger partial charge in [0.2, 0.25) is 0 Å². The Morgan fingerprint density at radius 3 is 2.07 bits per heavy atom. The molecule has 0 bridgehead atoms. The van der Waals surface area contributed by atoms with Gasteiger partial charge in [-0.05, 0) is 44.7 Å². The second kappa shape index (κ2) is 7.79. The van der Waals surface area contributed by atoms with E-state index in [1.54, 1.807) is 11.1 Å². The van der Waals surface area contributed by atoms with Crippen LogP contribution in [0.2, 0.25) is 12.1 Å². The van der Waals surface area contributed by atoms with Gasteiger partial charge in [-0.3, -0.25) is 0 Å². The van der Waals surface area contributed by atoms with Crippen molar-refractivity contribution in [2.24, 2.45) is 5.92 Å². The zero-order valence-electron chi connectivity index (χ0n) is 18.3. The van der Waals surface area contributed by atoms with Crippen LogP contribution in [0.25, 0.3) is 17.2 Å². The summed E-state index contributed by atoms with van der Waals surface area (Å²) in [6.45, 7) is 16.4. The predicted molar refractivity (Wildman–Crippen MR) is 124 cm³/mol. The number of allylic oxidation sites excluding steroid dienone is 1. The van der Waals surface area contributed by atoms with Gasteiger partial charge >= 0.3 is 0 Å². The quantitative estimate of drug-likeness (QED) is 0.471. The summed E-state index contributed by atoms with van der Waals surface area (Å²) in [4.78, 5) is 0. The second-order valence-electron chi connectivity index (χ2n) is 9.49.